The molecule has 0 saturated heterocycles. The number of para-hydroxylation sites is 3. The van der Waals surface area contributed by atoms with Crippen LogP contribution in [0.3, 0.4) is 0 Å². The van der Waals surface area contributed by atoms with Crippen molar-refractivity contribution < 1.29 is 9.47 Å². The van der Waals surface area contributed by atoms with E-state index in [1.165, 1.54) is 77.9 Å². The number of ether oxygens (including phenoxy) is 2. The molecule has 0 bridgehead atoms. The first-order valence-corrected chi connectivity index (χ1v) is 25.7. The molecule has 3 heteroatoms. The lowest BCUT2D eigenvalue weighted by Crippen LogP contribution is -2.30. The Labute approximate surface area is 432 Å². The molecule has 3 aliphatic carbocycles. The lowest BCUT2D eigenvalue weighted by Gasteiger charge is -2.36. The van der Waals surface area contributed by atoms with Crippen LogP contribution in [0.2, 0.25) is 0 Å². The molecule has 1 heterocycles. The summed E-state index contributed by atoms with van der Waals surface area (Å²) in [7, 11) is 0. The topological polar surface area (TPSA) is 21.7 Å². The average Bonchev–Trinajstić information content (AvgIpc) is 4.02. The zero-order valence-corrected chi connectivity index (χ0v) is 41.1. The van der Waals surface area contributed by atoms with Crippen molar-refractivity contribution in [3.63, 3.8) is 0 Å². The minimum Gasteiger partial charge on any atom is -0.449 e. The smallest absolute Gasteiger partial charge is 0.178 e. The lowest BCUT2D eigenvalue weighted by molar-refractivity contribution is 0.360. The van der Waals surface area contributed by atoms with Crippen LogP contribution in [0, 0.1) is 0 Å². The van der Waals surface area contributed by atoms with Crippen molar-refractivity contribution in [2.75, 3.05) is 4.90 Å². The lowest BCUT2D eigenvalue weighted by atomic mass is 9.65. The molecule has 350 valence electrons. The van der Waals surface area contributed by atoms with E-state index in [-0.39, 0.29) is 5.41 Å². The van der Waals surface area contributed by atoms with Gasteiger partial charge in [-0.1, -0.05) is 214 Å². The molecular formula is C71H49NO2. The van der Waals surface area contributed by atoms with Gasteiger partial charge in [0.15, 0.2) is 23.0 Å². The minimum atomic E-state index is -0.678. The Balaban J connectivity index is 0.924. The second kappa shape index (κ2) is 15.9. The Morgan fingerprint density at radius 1 is 0.284 bits per heavy atom. The van der Waals surface area contributed by atoms with Crippen LogP contribution in [0.4, 0.5) is 17.1 Å². The highest BCUT2D eigenvalue weighted by molar-refractivity contribution is 5.94. The van der Waals surface area contributed by atoms with Crippen LogP contribution < -0.4 is 14.4 Å². The van der Waals surface area contributed by atoms with Gasteiger partial charge in [-0.2, -0.15) is 0 Å². The zero-order valence-electron chi connectivity index (χ0n) is 41.1. The highest BCUT2D eigenvalue weighted by atomic mass is 16.6. The molecule has 0 amide bonds. The third-order valence-corrected chi connectivity index (χ3v) is 16.7. The van der Waals surface area contributed by atoms with E-state index in [0.717, 1.165) is 45.4 Å². The van der Waals surface area contributed by atoms with Crippen molar-refractivity contribution in [1.29, 1.82) is 0 Å². The fraction of sp³-hybridized carbons (Fsp3) is 0.0704. The van der Waals surface area contributed by atoms with Gasteiger partial charge in [0.05, 0.1) is 10.8 Å². The molecule has 0 spiro atoms. The predicted octanol–water partition coefficient (Wildman–Crippen LogP) is 18.1. The van der Waals surface area contributed by atoms with Crippen LogP contribution >= 0.6 is 0 Å². The maximum atomic E-state index is 6.87. The molecule has 2 unspecified atom stereocenters. The third kappa shape index (κ3) is 5.78. The van der Waals surface area contributed by atoms with Crippen molar-refractivity contribution in [3.8, 4) is 56.4 Å². The van der Waals surface area contributed by atoms with Gasteiger partial charge in [0.25, 0.3) is 0 Å². The average molecular weight is 948 g/mol. The van der Waals surface area contributed by atoms with Gasteiger partial charge in [-0.3, -0.25) is 0 Å². The van der Waals surface area contributed by atoms with Crippen LogP contribution in [0.1, 0.15) is 69.5 Å². The van der Waals surface area contributed by atoms with Crippen molar-refractivity contribution in [1.82, 2.24) is 0 Å². The highest BCUT2D eigenvalue weighted by Crippen LogP contribution is 2.64. The summed E-state index contributed by atoms with van der Waals surface area (Å²) in [5, 5.41) is 0. The molecule has 2 atom stereocenters. The standard InChI is InChI=1S/C71H49NO2/c1-69(2)58-29-15-12-26-53(58)57-45-52(39-41-59(57)69)72(50-24-10-5-11-25-50)51-37-34-48(35-38-51)70(46-20-6-3-7-21-46)60-30-16-13-27-54(60)56-44-49(36-40-62(56)70)71(47-22-8-4-9-23-47)61-31-17-14-28-55(61)67-63(71)42-43-66-68(67)74-65-33-19-18-32-64(65)73-66/h3-45H,1-2H3. The van der Waals surface area contributed by atoms with Gasteiger partial charge in [-0.05, 0) is 144 Å². The second-order valence-electron chi connectivity index (χ2n) is 20.7. The second-order valence-corrected chi connectivity index (χ2v) is 20.7. The first kappa shape index (κ1) is 42.5. The molecule has 74 heavy (non-hydrogen) atoms. The van der Waals surface area contributed by atoms with Gasteiger partial charge in [0, 0.05) is 28.0 Å². The van der Waals surface area contributed by atoms with E-state index in [1.54, 1.807) is 0 Å². The van der Waals surface area contributed by atoms with E-state index < -0.39 is 10.8 Å². The fourth-order valence-corrected chi connectivity index (χ4v) is 13.5. The summed E-state index contributed by atoms with van der Waals surface area (Å²) in [6.45, 7) is 4.69. The minimum absolute atomic E-state index is 0.0737. The van der Waals surface area contributed by atoms with Crippen LogP contribution in [-0.2, 0) is 16.2 Å². The van der Waals surface area contributed by atoms with E-state index in [1.807, 2.05) is 24.3 Å². The Morgan fingerprint density at radius 2 is 0.716 bits per heavy atom. The molecule has 1 aliphatic heterocycles. The molecular weight excluding hydrogens is 899 g/mol. The summed E-state index contributed by atoms with van der Waals surface area (Å²) in [6, 6.07) is 95.9. The van der Waals surface area contributed by atoms with E-state index in [9.17, 15) is 0 Å². The van der Waals surface area contributed by atoms with E-state index in [4.69, 9.17) is 9.47 Å². The molecule has 3 nitrogen and oxygen atoms in total. The zero-order chi connectivity index (χ0) is 49.2. The Hall–Kier alpha value is -9.18. The first-order valence-electron chi connectivity index (χ1n) is 25.7. The Kier molecular flexibility index (Phi) is 9.14. The summed E-state index contributed by atoms with van der Waals surface area (Å²) >= 11 is 0. The van der Waals surface area contributed by atoms with Crippen molar-refractivity contribution in [2.45, 2.75) is 30.1 Å². The van der Waals surface area contributed by atoms with Gasteiger partial charge in [-0.25, -0.2) is 0 Å². The molecule has 0 fully saturated rings. The van der Waals surface area contributed by atoms with Crippen molar-refractivity contribution in [3.05, 3.63) is 316 Å². The number of hydrogen-bond acceptors (Lipinski definition) is 3. The SMILES string of the molecule is CC1(C)c2ccccc2-c2cc(N(c3ccccc3)c3ccc(C4(c5ccccc5)c5ccccc5-c5cc(C6(c7ccccc7)c7ccccc7-c7c6ccc6c7Oc7ccccc7O6)ccc54)cc3)ccc21. The molecule has 15 rings (SSSR count). The van der Waals surface area contributed by atoms with Gasteiger partial charge < -0.3 is 14.4 Å². The summed E-state index contributed by atoms with van der Waals surface area (Å²) < 4.78 is 13.4. The molecule has 11 aromatic rings. The van der Waals surface area contributed by atoms with Crippen molar-refractivity contribution >= 4 is 17.1 Å². The van der Waals surface area contributed by atoms with Gasteiger partial charge in [0.2, 0.25) is 0 Å². The molecule has 4 aliphatic rings. The van der Waals surface area contributed by atoms with Gasteiger partial charge in [0.1, 0.15) is 0 Å². The Morgan fingerprint density at radius 3 is 1.41 bits per heavy atom. The highest BCUT2D eigenvalue weighted by Gasteiger charge is 2.51. The number of anilines is 3. The monoisotopic (exact) mass is 947 g/mol. The van der Waals surface area contributed by atoms with E-state index >= 15 is 0 Å². The maximum Gasteiger partial charge on any atom is 0.178 e. The Bertz CT molecular complexity index is 4050. The summed E-state index contributed by atoms with van der Waals surface area (Å²) in [5.74, 6) is 2.91. The molecule has 11 aromatic carbocycles. The molecule has 0 aromatic heterocycles. The quantitative estimate of drug-likeness (QED) is 0.159. The van der Waals surface area contributed by atoms with Crippen LogP contribution in [0.15, 0.2) is 261 Å². The van der Waals surface area contributed by atoms with E-state index in [0.29, 0.717) is 5.75 Å². The molecule has 0 saturated carbocycles. The third-order valence-electron chi connectivity index (χ3n) is 16.7. The largest absolute Gasteiger partial charge is 0.449 e. The number of rotatable bonds is 7. The van der Waals surface area contributed by atoms with Crippen LogP contribution in [-0.4, -0.2) is 0 Å². The van der Waals surface area contributed by atoms with Crippen LogP contribution in [0.5, 0.6) is 23.0 Å². The first-order chi connectivity index (χ1) is 36.5. The molecule has 0 radical (unpaired) electrons. The normalized spacial score (nSPS) is 17.5. The summed E-state index contributed by atoms with van der Waals surface area (Å²) in [6.07, 6.45) is 0. The number of nitrogens with zero attached hydrogens (tertiary/aromatic N) is 1. The number of hydrogen-bond donors (Lipinski definition) is 0. The summed E-state index contributed by atoms with van der Waals surface area (Å²) in [4.78, 5) is 2.41. The van der Waals surface area contributed by atoms with Crippen LogP contribution in [0.25, 0.3) is 33.4 Å². The van der Waals surface area contributed by atoms with E-state index in [2.05, 4.69) is 255 Å². The van der Waals surface area contributed by atoms with Gasteiger partial charge in [-0.15, -0.1) is 0 Å². The predicted molar refractivity (Wildman–Crippen MR) is 300 cm³/mol. The van der Waals surface area contributed by atoms with Gasteiger partial charge >= 0.3 is 0 Å². The molecule has 0 N–H and O–H groups in total. The number of fused-ring (bicyclic) bond motifs is 12. The fourth-order valence-electron chi connectivity index (χ4n) is 13.5. The van der Waals surface area contributed by atoms with Crippen molar-refractivity contribution in [2.24, 2.45) is 0 Å². The number of benzene rings is 11. The maximum absolute atomic E-state index is 6.87. The summed E-state index contributed by atoms with van der Waals surface area (Å²) in [5.41, 5.74) is 21.7.